The molecule has 0 heterocycles. The maximum absolute atomic E-state index is 9.05. The van der Waals surface area contributed by atoms with Gasteiger partial charge in [-0.15, -0.1) is 0 Å². The number of aryl methyl sites for hydroxylation is 1. The van der Waals surface area contributed by atoms with Gasteiger partial charge in [0, 0.05) is 6.07 Å². The Bertz CT molecular complexity index is 645. The van der Waals surface area contributed by atoms with Crippen molar-refractivity contribution in [2.45, 2.75) is 6.92 Å². The predicted molar refractivity (Wildman–Crippen MR) is 73.4 cm³/mol. The van der Waals surface area contributed by atoms with Gasteiger partial charge in [0.2, 0.25) is 0 Å². The van der Waals surface area contributed by atoms with Crippen LogP contribution in [0.2, 0.25) is 0 Å². The zero-order valence-corrected chi connectivity index (χ0v) is 10.8. The molecule has 0 saturated carbocycles. The van der Waals surface area contributed by atoms with Crippen LogP contribution in [0.25, 0.3) is 0 Å². The van der Waals surface area contributed by atoms with E-state index in [1.807, 2.05) is 19.1 Å². The summed E-state index contributed by atoms with van der Waals surface area (Å²) in [6.07, 6.45) is 0. The lowest BCUT2D eigenvalue weighted by Crippen LogP contribution is -1.94. The number of nitrogens with two attached hydrogens (primary N) is 1. The predicted octanol–water partition coefficient (Wildman–Crippen LogP) is 3.25. The first kappa shape index (κ1) is 12.8. The number of rotatable bonds is 3. The van der Waals surface area contributed by atoms with Crippen LogP contribution in [0.3, 0.4) is 0 Å². The van der Waals surface area contributed by atoms with Crippen LogP contribution in [-0.2, 0) is 0 Å². The van der Waals surface area contributed by atoms with E-state index in [1.54, 1.807) is 31.4 Å². The number of nitriles is 1. The Morgan fingerprint density at radius 2 is 1.89 bits per heavy atom. The van der Waals surface area contributed by atoms with Crippen molar-refractivity contribution in [1.82, 2.24) is 0 Å². The van der Waals surface area contributed by atoms with Crippen molar-refractivity contribution >= 4 is 5.69 Å². The normalized spacial score (nSPS) is 9.74. The van der Waals surface area contributed by atoms with Crippen molar-refractivity contribution in [3.8, 4) is 23.3 Å². The van der Waals surface area contributed by atoms with E-state index in [9.17, 15) is 0 Å². The molecule has 0 saturated heterocycles. The summed E-state index contributed by atoms with van der Waals surface area (Å²) >= 11 is 0. The molecule has 4 nitrogen and oxygen atoms in total. The van der Waals surface area contributed by atoms with E-state index in [0.29, 0.717) is 28.5 Å². The van der Waals surface area contributed by atoms with Crippen molar-refractivity contribution in [3.05, 3.63) is 47.5 Å². The molecular formula is C15H14N2O2. The highest BCUT2D eigenvalue weighted by Crippen LogP contribution is 2.31. The second kappa shape index (κ2) is 5.32. The average molecular weight is 254 g/mol. The summed E-state index contributed by atoms with van der Waals surface area (Å²) in [5.74, 6) is 1.68. The molecule has 0 amide bonds. The lowest BCUT2D eigenvalue weighted by molar-refractivity contribution is 0.415. The molecule has 0 unspecified atom stereocenters. The fourth-order valence-electron chi connectivity index (χ4n) is 1.71. The van der Waals surface area contributed by atoms with Crippen LogP contribution in [0.5, 0.6) is 17.2 Å². The summed E-state index contributed by atoms with van der Waals surface area (Å²) < 4.78 is 10.8. The molecule has 0 fully saturated rings. The smallest absolute Gasteiger partial charge is 0.145 e. The Morgan fingerprint density at radius 1 is 1.11 bits per heavy atom. The molecule has 96 valence electrons. The number of hydrogen-bond acceptors (Lipinski definition) is 4. The van der Waals surface area contributed by atoms with E-state index >= 15 is 0 Å². The first-order chi connectivity index (χ1) is 9.13. The van der Waals surface area contributed by atoms with Gasteiger partial charge < -0.3 is 15.2 Å². The molecule has 0 spiro atoms. The molecule has 2 rings (SSSR count). The number of nitrogen functional groups attached to an aromatic ring is 1. The molecule has 0 aliphatic rings. The van der Waals surface area contributed by atoms with Crippen LogP contribution in [0.15, 0.2) is 36.4 Å². The third kappa shape index (κ3) is 2.78. The first-order valence-electron chi connectivity index (χ1n) is 5.76. The molecule has 2 N–H and O–H groups in total. The van der Waals surface area contributed by atoms with Gasteiger partial charge in [-0.1, -0.05) is 6.07 Å². The first-order valence-corrected chi connectivity index (χ1v) is 5.76. The van der Waals surface area contributed by atoms with Gasteiger partial charge in [-0.05, 0) is 36.8 Å². The summed E-state index contributed by atoms with van der Waals surface area (Å²) in [7, 11) is 1.56. The number of benzene rings is 2. The molecule has 2 aromatic rings. The Kier molecular flexibility index (Phi) is 3.58. The molecular weight excluding hydrogens is 240 g/mol. The second-order valence-corrected chi connectivity index (χ2v) is 4.12. The Morgan fingerprint density at radius 3 is 2.53 bits per heavy atom. The standard InChI is InChI=1S/C15H14N2O2/c1-10-3-4-11(9-16)15(7-10)19-12-5-6-14(18-2)13(17)8-12/h3-8H,17H2,1-2H3. The summed E-state index contributed by atoms with van der Waals surface area (Å²) in [4.78, 5) is 0. The third-order valence-electron chi connectivity index (χ3n) is 2.69. The fraction of sp³-hybridized carbons (Fsp3) is 0.133. The highest BCUT2D eigenvalue weighted by Gasteiger charge is 2.07. The number of methoxy groups -OCH3 is 1. The third-order valence-corrected chi connectivity index (χ3v) is 2.69. The lowest BCUT2D eigenvalue weighted by Gasteiger charge is -2.10. The van der Waals surface area contributed by atoms with E-state index in [0.717, 1.165) is 5.56 Å². The Hall–Kier alpha value is -2.67. The maximum atomic E-state index is 9.05. The molecule has 0 aromatic heterocycles. The van der Waals surface area contributed by atoms with E-state index in [-0.39, 0.29) is 0 Å². The molecule has 0 radical (unpaired) electrons. The van der Waals surface area contributed by atoms with Crippen molar-refractivity contribution in [3.63, 3.8) is 0 Å². The van der Waals surface area contributed by atoms with Gasteiger partial charge >= 0.3 is 0 Å². The highest BCUT2D eigenvalue weighted by atomic mass is 16.5. The maximum Gasteiger partial charge on any atom is 0.145 e. The number of anilines is 1. The van der Waals surface area contributed by atoms with Gasteiger partial charge in [0.25, 0.3) is 0 Å². The fourth-order valence-corrected chi connectivity index (χ4v) is 1.71. The van der Waals surface area contributed by atoms with Crippen molar-refractivity contribution in [2.24, 2.45) is 0 Å². The van der Waals surface area contributed by atoms with Gasteiger partial charge in [0.05, 0.1) is 18.4 Å². The van der Waals surface area contributed by atoms with E-state index in [1.165, 1.54) is 0 Å². The van der Waals surface area contributed by atoms with E-state index in [2.05, 4.69) is 6.07 Å². The molecule has 2 aromatic carbocycles. The lowest BCUT2D eigenvalue weighted by atomic mass is 10.1. The van der Waals surface area contributed by atoms with Crippen LogP contribution in [0.1, 0.15) is 11.1 Å². The number of hydrogen-bond donors (Lipinski definition) is 1. The van der Waals surface area contributed by atoms with Gasteiger partial charge in [0.15, 0.2) is 0 Å². The monoisotopic (exact) mass is 254 g/mol. The summed E-state index contributed by atoms with van der Waals surface area (Å²) in [6, 6.07) is 12.7. The van der Waals surface area contributed by atoms with Gasteiger partial charge in [-0.2, -0.15) is 5.26 Å². The molecule has 4 heteroatoms. The summed E-state index contributed by atoms with van der Waals surface area (Å²) in [6.45, 7) is 1.94. The van der Waals surface area contributed by atoms with Gasteiger partial charge in [-0.25, -0.2) is 0 Å². The molecule has 0 bridgehead atoms. The van der Waals surface area contributed by atoms with Crippen LogP contribution in [0, 0.1) is 18.3 Å². The topological polar surface area (TPSA) is 68.3 Å². The Labute approximate surface area is 112 Å². The van der Waals surface area contributed by atoms with E-state index in [4.69, 9.17) is 20.5 Å². The minimum atomic E-state index is 0.486. The second-order valence-electron chi connectivity index (χ2n) is 4.12. The van der Waals surface area contributed by atoms with Crippen LogP contribution in [0.4, 0.5) is 5.69 Å². The highest BCUT2D eigenvalue weighted by molar-refractivity contribution is 5.57. The minimum Gasteiger partial charge on any atom is -0.495 e. The average Bonchev–Trinajstić information content (AvgIpc) is 2.39. The molecule has 19 heavy (non-hydrogen) atoms. The van der Waals surface area contributed by atoms with Crippen LogP contribution >= 0.6 is 0 Å². The summed E-state index contributed by atoms with van der Waals surface area (Å²) in [5.41, 5.74) is 7.82. The van der Waals surface area contributed by atoms with E-state index < -0.39 is 0 Å². The minimum absolute atomic E-state index is 0.486. The van der Waals surface area contributed by atoms with Gasteiger partial charge in [0.1, 0.15) is 23.3 Å². The van der Waals surface area contributed by atoms with Crippen molar-refractivity contribution < 1.29 is 9.47 Å². The summed E-state index contributed by atoms with van der Waals surface area (Å²) in [5, 5.41) is 9.05. The molecule has 0 aliphatic carbocycles. The molecule has 0 atom stereocenters. The Balaban J connectivity index is 2.34. The zero-order chi connectivity index (χ0) is 13.8. The van der Waals surface area contributed by atoms with Crippen molar-refractivity contribution in [2.75, 3.05) is 12.8 Å². The molecule has 0 aliphatic heterocycles. The largest absolute Gasteiger partial charge is 0.495 e. The van der Waals surface area contributed by atoms with Crippen LogP contribution < -0.4 is 15.2 Å². The number of nitrogens with zero attached hydrogens (tertiary/aromatic N) is 1. The quantitative estimate of drug-likeness (QED) is 0.854. The van der Waals surface area contributed by atoms with Crippen LogP contribution in [-0.4, -0.2) is 7.11 Å². The van der Waals surface area contributed by atoms with Gasteiger partial charge in [-0.3, -0.25) is 0 Å². The number of ether oxygens (including phenoxy) is 2. The SMILES string of the molecule is COc1ccc(Oc2cc(C)ccc2C#N)cc1N. The van der Waals surface area contributed by atoms with Crippen molar-refractivity contribution in [1.29, 1.82) is 5.26 Å². The zero-order valence-electron chi connectivity index (χ0n) is 10.8.